The Kier molecular flexibility index (Phi) is 4.28. The molecule has 4 aromatic rings. The summed E-state index contributed by atoms with van der Waals surface area (Å²) in [5.74, 6) is 0. The fourth-order valence-corrected chi connectivity index (χ4v) is 3.88. The minimum absolute atomic E-state index is 0.156. The van der Waals surface area contributed by atoms with Crippen molar-refractivity contribution < 1.29 is 4.74 Å². The van der Waals surface area contributed by atoms with Gasteiger partial charge in [0.15, 0.2) is 5.43 Å². The highest BCUT2D eigenvalue weighted by molar-refractivity contribution is 6.18. The Morgan fingerprint density at radius 3 is 2.43 bits per heavy atom. The highest BCUT2D eigenvalue weighted by atomic mass is 16.5. The van der Waals surface area contributed by atoms with Gasteiger partial charge in [0.2, 0.25) is 0 Å². The van der Waals surface area contributed by atoms with E-state index >= 15 is 0 Å². The molecule has 0 N–H and O–H groups in total. The summed E-state index contributed by atoms with van der Waals surface area (Å²) >= 11 is 0. The number of nitrogens with zero attached hydrogens (tertiary/aromatic N) is 2. The normalized spacial score (nSPS) is 12.1. The van der Waals surface area contributed by atoms with Crippen molar-refractivity contribution in [2.24, 2.45) is 0 Å². The Morgan fingerprint density at radius 2 is 1.79 bits per heavy atom. The summed E-state index contributed by atoms with van der Waals surface area (Å²) in [6, 6.07) is 17.6. The van der Waals surface area contributed by atoms with Gasteiger partial charge >= 0.3 is 0 Å². The third kappa shape index (κ3) is 2.52. The molecular formula is C24H16N2O2. The zero-order chi connectivity index (χ0) is 19.8. The van der Waals surface area contributed by atoms with E-state index in [2.05, 4.69) is 4.85 Å². The topological polar surface area (TPSA) is 54.5 Å². The maximum absolute atomic E-state index is 12.9. The highest BCUT2D eigenvalue weighted by Crippen LogP contribution is 2.35. The number of benzene rings is 3. The molecule has 0 aliphatic carbocycles. The molecule has 0 unspecified atom stereocenters. The van der Waals surface area contributed by atoms with Crippen LogP contribution in [0.15, 0.2) is 53.3 Å². The molecule has 0 aromatic heterocycles. The summed E-state index contributed by atoms with van der Waals surface area (Å²) in [5, 5.41) is 12.6. The standard InChI is InChI=1S/C24H16N2O2/c1-14-4-9-18-22-19(24(27)23(18)20(12-25)26-2)11-10-17(21(14)22)16-7-5-15(6-8-16)13-28-3/h4-11H,13H2,1,3H3/b23-20-. The minimum Gasteiger partial charge on any atom is -0.380 e. The van der Waals surface area contributed by atoms with Gasteiger partial charge in [-0.2, -0.15) is 0 Å². The van der Waals surface area contributed by atoms with Crippen molar-refractivity contribution in [3.8, 4) is 17.2 Å². The van der Waals surface area contributed by atoms with Gasteiger partial charge in [-0.3, -0.25) is 4.79 Å². The van der Waals surface area contributed by atoms with Gasteiger partial charge in [-0.25, -0.2) is 10.1 Å². The number of hydrogen-bond acceptors (Lipinski definition) is 3. The lowest BCUT2D eigenvalue weighted by Crippen LogP contribution is -2.21. The van der Waals surface area contributed by atoms with Crippen LogP contribution in [0, 0.1) is 24.8 Å². The van der Waals surface area contributed by atoms with Crippen molar-refractivity contribution in [2.75, 3.05) is 7.11 Å². The molecule has 4 rings (SSSR count). The van der Waals surface area contributed by atoms with Crippen molar-refractivity contribution in [3.63, 3.8) is 0 Å². The molecular weight excluding hydrogens is 348 g/mol. The SMILES string of the molecule is [C-]#[N+]/C(C#N)=c1\c(=O)c2ccc(-c3ccc(COC)cc3)c3c(C)ccc1c32. The maximum Gasteiger partial charge on any atom is 0.273 e. The molecule has 0 spiro atoms. The molecule has 0 aliphatic rings. The molecule has 0 aliphatic heterocycles. The van der Waals surface area contributed by atoms with Gasteiger partial charge in [-0.1, -0.05) is 42.5 Å². The summed E-state index contributed by atoms with van der Waals surface area (Å²) in [7, 11) is 1.67. The van der Waals surface area contributed by atoms with Crippen molar-refractivity contribution in [3.05, 3.63) is 86.5 Å². The van der Waals surface area contributed by atoms with Crippen molar-refractivity contribution in [1.82, 2.24) is 0 Å². The van der Waals surface area contributed by atoms with Crippen LogP contribution in [-0.2, 0) is 11.3 Å². The molecule has 4 nitrogen and oxygen atoms in total. The second-order valence-corrected chi connectivity index (χ2v) is 6.75. The van der Waals surface area contributed by atoms with E-state index in [0.717, 1.165) is 33.0 Å². The number of hydrogen-bond donors (Lipinski definition) is 0. The lowest BCUT2D eigenvalue weighted by molar-refractivity contribution is 0.185. The van der Waals surface area contributed by atoms with Gasteiger partial charge in [0, 0.05) is 23.1 Å². The Morgan fingerprint density at radius 1 is 1.07 bits per heavy atom. The molecule has 4 aromatic carbocycles. The fraction of sp³-hybridized carbons (Fsp3) is 0.125. The molecule has 0 fully saturated rings. The van der Waals surface area contributed by atoms with E-state index < -0.39 is 0 Å². The largest absolute Gasteiger partial charge is 0.380 e. The third-order valence-corrected chi connectivity index (χ3v) is 5.14. The van der Waals surface area contributed by atoms with Gasteiger partial charge in [-0.15, -0.1) is 0 Å². The van der Waals surface area contributed by atoms with Crippen LogP contribution >= 0.6 is 0 Å². The van der Waals surface area contributed by atoms with E-state index in [1.807, 2.05) is 55.5 Å². The first kappa shape index (κ1) is 17.7. The first-order valence-corrected chi connectivity index (χ1v) is 8.82. The average Bonchev–Trinajstić information content (AvgIpc) is 3.00. The first-order chi connectivity index (χ1) is 13.6. The number of ether oxygens (including phenoxy) is 1. The van der Waals surface area contributed by atoms with E-state index in [4.69, 9.17) is 11.3 Å². The lowest BCUT2D eigenvalue weighted by Gasteiger charge is -2.11. The van der Waals surface area contributed by atoms with E-state index in [0.29, 0.717) is 17.4 Å². The highest BCUT2D eigenvalue weighted by Gasteiger charge is 2.18. The summed E-state index contributed by atoms with van der Waals surface area (Å²) in [4.78, 5) is 16.2. The molecule has 0 bridgehead atoms. The zero-order valence-corrected chi connectivity index (χ0v) is 15.5. The average molecular weight is 364 g/mol. The predicted octanol–water partition coefficient (Wildman–Crippen LogP) is 4.18. The molecule has 0 amide bonds. The molecule has 0 saturated carbocycles. The van der Waals surface area contributed by atoms with Gasteiger partial charge in [0.25, 0.3) is 5.70 Å². The van der Waals surface area contributed by atoms with E-state index in [9.17, 15) is 10.1 Å². The summed E-state index contributed by atoms with van der Waals surface area (Å²) in [6.07, 6.45) is 0. The van der Waals surface area contributed by atoms with Gasteiger partial charge in [-0.05, 0) is 46.0 Å². The Bertz CT molecular complexity index is 1390. The Hall–Kier alpha value is -3.73. The molecule has 0 atom stereocenters. The molecule has 0 saturated heterocycles. The Labute approximate surface area is 162 Å². The molecule has 0 radical (unpaired) electrons. The van der Waals surface area contributed by atoms with Crippen LogP contribution in [0.2, 0.25) is 0 Å². The van der Waals surface area contributed by atoms with Crippen LogP contribution < -0.4 is 10.6 Å². The van der Waals surface area contributed by atoms with E-state index in [1.54, 1.807) is 13.2 Å². The molecule has 134 valence electrons. The van der Waals surface area contributed by atoms with Crippen LogP contribution in [0.5, 0.6) is 0 Å². The van der Waals surface area contributed by atoms with Crippen molar-refractivity contribution in [2.45, 2.75) is 13.5 Å². The fourth-order valence-electron chi connectivity index (χ4n) is 3.88. The van der Waals surface area contributed by atoms with Crippen LogP contribution in [0.3, 0.4) is 0 Å². The van der Waals surface area contributed by atoms with Crippen LogP contribution in [0.1, 0.15) is 11.1 Å². The lowest BCUT2D eigenvalue weighted by atomic mass is 9.93. The predicted molar refractivity (Wildman–Crippen MR) is 111 cm³/mol. The number of rotatable bonds is 3. The molecule has 4 heteroatoms. The minimum atomic E-state index is -0.250. The number of aryl methyl sites for hydroxylation is 1. The number of nitriles is 1. The smallest absolute Gasteiger partial charge is 0.273 e. The Balaban J connectivity index is 2.12. The monoisotopic (exact) mass is 364 g/mol. The van der Waals surface area contributed by atoms with Gasteiger partial charge < -0.3 is 4.74 Å². The van der Waals surface area contributed by atoms with Crippen LogP contribution in [0.4, 0.5) is 0 Å². The maximum atomic E-state index is 12.9. The first-order valence-electron chi connectivity index (χ1n) is 8.82. The van der Waals surface area contributed by atoms with E-state index in [-0.39, 0.29) is 16.3 Å². The summed E-state index contributed by atoms with van der Waals surface area (Å²) in [5.41, 5.74) is 3.80. The molecule has 28 heavy (non-hydrogen) atoms. The third-order valence-electron chi connectivity index (χ3n) is 5.14. The van der Waals surface area contributed by atoms with Crippen LogP contribution in [0.25, 0.3) is 43.2 Å². The van der Waals surface area contributed by atoms with Crippen molar-refractivity contribution in [1.29, 1.82) is 5.26 Å². The van der Waals surface area contributed by atoms with Gasteiger partial charge in [0.1, 0.15) is 0 Å². The zero-order valence-electron chi connectivity index (χ0n) is 15.5. The summed E-state index contributed by atoms with van der Waals surface area (Å²) < 4.78 is 5.18. The van der Waals surface area contributed by atoms with Crippen LogP contribution in [-0.4, -0.2) is 7.11 Å². The van der Waals surface area contributed by atoms with Gasteiger partial charge in [0.05, 0.1) is 19.2 Å². The van der Waals surface area contributed by atoms with E-state index in [1.165, 1.54) is 0 Å². The quantitative estimate of drug-likeness (QED) is 0.513. The molecule has 0 heterocycles. The summed E-state index contributed by atoms with van der Waals surface area (Å²) in [6.45, 7) is 9.84. The second-order valence-electron chi connectivity index (χ2n) is 6.75. The number of methoxy groups -OCH3 is 1. The van der Waals surface area contributed by atoms with Crippen molar-refractivity contribution >= 4 is 27.2 Å². The second kappa shape index (κ2) is 6.78.